The summed E-state index contributed by atoms with van der Waals surface area (Å²) in [7, 11) is -3.93. The normalized spacial score (nSPS) is 19.0. The molecule has 1 aromatic heterocycles. The lowest BCUT2D eigenvalue weighted by Crippen LogP contribution is -2.24. The Hall–Kier alpha value is -4.23. The van der Waals surface area contributed by atoms with Gasteiger partial charge in [0.05, 0.1) is 17.2 Å². The highest BCUT2D eigenvalue weighted by Gasteiger charge is 2.38. The number of imidazole rings is 1. The number of nitrogens with zero attached hydrogens (tertiary/aromatic N) is 3. The lowest BCUT2D eigenvalue weighted by molar-refractivity contribution is -0.141. The van der Waals surface area contributed by atoms with Crippen LogP contribution in [0.4, 0.5) is 17.6 Å². The minimum absolute atomic E-state index is 0.0760. The van der Waals surface area contributed by atoms with E-state index in [1.165, 1.54) is 17.6 Å². The first kappa shape index (κ1) is 31.7. The molecule has 2 aliphatic rings. The van der Waals surface area contributed by atoms with Gasteiger partial charge in [0.25, 0.3) is 0 Å². The Morgan fingerprint density at radius 1 is 1.07 bits per heavy atom. The van der Waals surface area contributed by atoms with E-state index in [1.807, 2.05) is 32.0 Å². The molecular weight excluding hydrogens is 626 g/mol. The molecule has 0 saturated carbocycles. The van der Waals surface area contributed by atoms with Crippen LogP contribution in [0.15, 0.2) is 64.6 Å². The number of aliphatic imine (C=N–C) groups is 1. The van der Waals surface area contributed by atoms with Crippen LogP contribution in [0.2, 0.25) is 0 Å². The van der Waals surface area contributed by atoms with E-state index in [1.54, 1.807) is 25.1 Å². The number of benzene rings is 3. The molecule has 6 rings (SSSR count). The Morgan fingerprint density at radius 2 is 1.80 bits per heavy atom. The van der Waals surface area contributed by atoms with Gasteiger partial charge in [-0.15, -0.1) is 0 Å². The minimum atomic E-state index is -4.68. The van der Waals surface area contributed by atoms with Crippen molar-refractivity contribution < 1.29 is 40.6 Å². The van der Waals surface area contributed by atoms with Crippen molar-refractivity contribution in [1.29, 1.82) is 0 Å². The summed E-state index contributed by atoms with van der Waals surface area (Å²) in [5, 5.41) is 9.68. The van der Waals surface area contributed by atoms with Crippen molar-refractivity contribution in [2.75, 3.05) is 6.26 Å². The molecule has 0 spiro atoms. The summed E-state index contributed by atoms with van der Waals surface area (Å²) in [5.74, 6) is 0.282. The third-order valence-corrected chi connectivity index (χ3v) is 9.31. The molecule has 0 radical (unpaired) electrons. The second-order valence-corrected chi connectivity index (χ2v) is 14.2. The van der Waals surface area contributed by atoms with E-state index >= 15 is 4.39 Å². The maximum absolute atomic E-state index is 15.1. The van der Waals surface area contributed by atoms with Crippen molar-refractivity contribution in [3.63, 3.8) is 0 Å². The molecule has 0 saturated heterocycles. The van der Waals surface area contributed by atoms with Gasteiger partial charge in [0.1, 0.15) is 29.0 Å². The molecule has 46 heavy (non-hydrogen) atoms. The van der Waals surface area contributed by atoms with Crippen LogP contribution in [0, 0.1) is 12.7 Å². The quantitative estimate of drug-likeness (QED) is 0.228. The highest BCUT2D eigenvalue weighted by atomic mass is 32.2. The summed E-state index contributed by atoms with van der Waals surface area (Å²) in [6.07, 6.45) is -2.87. The average molecular weight is 658 g/mol. The van der Waals surface area contributed by atoms with Gasteiger partial charge in [0, 0.05) is 36.9 Å². The Labute approximate surface area is 263 Å². The number of aliphatic hydroxyl groups excluding tert-OH is 1. The first-order chi connectivity index (χ1) is 21.4. The van der Waals surface area contributed by atoms with E-state index in [9.17, 15) is 26.7 Å². The summed E-state index contributed by atoms with van der Waals surface area (Å²) in [6, 6.07) is 12.1. The van der Waals surface area contributed by atoms with Gasteiger partial charge in [0.15, 0.2) is 27.5 Å². The lowest BCUT2D eigenvalue weighted by Gasteiger charge is -2.23. The van der Waals surface area contributed by atoms with Crippen LogP contribution in [-0.2, 0) is 33.8 Å². The number of rotatable bonds is 6. The Balaban J connectivity index is 1.54. The van der Waals surface area contributed by atoms with Crippen LogP contribution in [0.5, 0.6) is 5.75 Å². The zero-order chi connectivity index (χ0) is 33.3. The molecule has 8 nitrogen and oxygen atoms in total. The van der Waals surface area contributed by atoms with E-state index < -0.39 is 46.3 Å². The monoisotopic (exact) mass is 657 g/mol. The highest BCUT2D eigenvalue weighted by molar-refractivity contribution is 7.90. The van der Waals surface area contributed by atoms with E-state index in [4.69, 9.17) is 14.5 Å². The van der Waals surface area contributed by atoms with Gasteiger partial charge in [-0.1, -0.05) is 12.1 Å². The van der Waals surface area contributed by atoms with Gasteiger partial charge < -0.3 is 19.1 Å². The van der Waals surface area contributed by atoms with Crippen LogP contribution in [0.25, 0.3) is 16.8 Å². The fraction of sp³-hybridized carbons (Fsp3) is 0.333. The third kappa shape index (κ3) is 5.77. The molecule has 13 heteroatoms. The van der Waals surface area contributed by atoms with Crippen molar-refractivity contribution in [1.82, 2.24) is 9.55 Å². The Morgan fingerprint density at radius 3 is 2.46 bits per heavy atom. The number of aromatic nitrogens is 2. The molecule has 2 aliphatic heterocycles. The fourth-order valence-corrected chi connectivity index (χ4v) is 7.09. The smallest absolute Gasteiger partial charge is 0.434 e. The zero-order valence-electron chi connectivity index (χ0n) is 25.6. The second kappa shape index (κ2) is 10.9. The minimum Gasteiger partial charge on any atom is -0.487 e. The number of ether oxygens (including phenoxy) is 2. The summed E-state index contributed by atoms with van der Waals surface area (Å²) in [6.45, 7) is 6.29. The van der Waals surface area contributed by atoms with E-state index in [0.717, 1.165) is 35.4 Å². The van der Waals surface area contributed by atoms with Crippen molar-refractivity contribution >= 4 is 15.7 Å². The molecular formula is C33H31F4N3O5S. The number of aryl methyl sites for hydroxylation is 1. The second-order valence-electron chi connectivity index (χ2n) is 12.2. The topological polar surface area (TPSA) is 103 Å². The SMILES string of the molecule is CC1=NC(c2cc(-c3cc(F)c(CO)c(S(C)(=O)=O)c3)ccc2-n2cc(C(F)(F)F)nc2C)C(c2ccc3c(c2)CC(C)(C)O3)O1. The van der Waals surface area contributed by atoms with Crippen LogP contribution >= 0.6 is 0 Å². The number of alkyl halides is 3. The number of sulfone groups is 1. The fourth-order valence-electron chi connectivity index (χ4n) is 6.14. The predicted molar refractivity (Wildman–Crippen MR) is 162 cm³/mol. The largest absolute Gasteiger partial charge is 0.487 e. The van der Waals surface area contributed by atoms with Crippen molar-refractivity contribution in [3.8, 4) is 22.6 Å². The Bertz CT molecular complexity index is 2020. The molecule has 0 fully saturated rings. The molecule has 242 valence electrons. The van der Waals surface area contributed by atoms with Crippen molar-refractivity contribution in [2.24, 2.45) is 4.99 Å². The van der Waals surface area contributed by atoms with Crippen molar-refractivity contribution in [2.45, 2.75) is 69.5 Å². The summed E-state index contributed by atoms with van der Waals surface area (Å²) in [5.41, 5.74) is 1.30. The van der Waals surface area contributed by atoms with E-state index in [-0.39, 0.29) is 27.4 Å². The number of aliphatic hydroxyl groups is 1. The summed E-state index contributed by atoms with van der Waals surface area (Å²) in [4.78, 5) is 8.12. The van der Waals surface area contributed by atoms with Gasteiger partial charge in [-0.2, -0.15) is 13.2 Å². The zero-order valence-corrected chi connectivity index (χ0v) is 26.4. The van der Waals surface area contributed by atoms with Gasteiger partial charge in [-0.05, 0) is 79.4 Å². The standard InChI is InChI=1S/C33H31F4N3O5S/c1-17-38-29(33(35,36)37)15-40(17)26-8-6-19(21-12-25(34)24(16-41)28(13-21)46(5,42)43)11-23(26)30-31(44-18(2)39-30)20-7-9-27-22(10-20)14-32(3,4)45-27/h6-13,15,30-31,41H,14,16H2,1-5H3. The average Bonchev–Trinajstić information content (AvgIpc) is 3.64. The van der Waals surface area contributed by atoms with Crippen LogP contribution in [0.3, 0.4) is 0 Å². The Kier molecular flexibility index (Phi) is 7.55. The van der Waals surface area contributed by atoms with Crippen LogP contribution in [-0.4, -0.2) is 40.8 Å². The van der Waals surface area contributed by atoms with Crippen LogP contribution < -0.4 is 4.74 Å². The molecule has 3 aromatic carbocycles. The van der Waals surface area contributed by atoms with Gasteiger partial charge >= 0.3 is 6.18 Å². The molecule has 2 atom stereocenters. The molecule has 1 N–H and O–H groups in total. The maximum Gasteiger partial charge on any atom is 0.434 e. The number of hydrogen-bond acceptors (Lipinski definition) is 7. The number of hydrogen-bond donors (Lipinski definition) is 1. The van der Waals surface area contributed by atoms with Gasteiger partial charge in [-0.25, -0.2) is 22.8 Å². The van der Waals surface area contributed by atoms with Crippen molar-refractivity contribution in [3.05, 3.63) is 94.3 Å². The molecule has 3 heterocycles. The first-order valence-electron chi connectivity index (χ1n) is 14.4. The van der Waals surface area contributed by atoms with E-state index in [0.29, 0.717) is 29.1 Å². The van der Waals surface area contributed by atoms with Gasteiger partial charge in [-0.3, -0.25) is 0 Å². The lowest BCUT2D eigenvalue weighted by atomic mass is 9.90. The van der Waals surface area contributed by atoms with Crippen LogP contribution in [0.1, 0.15) is 66.7 Å². The number of fused-ring (bicyclic) bond motifs is 1. The molecule has 2 unspecified atom stereocenters. The molecule has 0 aliphatic carbocycles. The molecule has 4 aromatic rings. The predicted octanol–water partition coefficient (Wildman–Crippen LogP) is 6.85. The first-order valence-corrected chi connectivity index (χ1v) is 16.3. The van der Waals surface area contributed by atoms with E-state index in [2.05, 4.69) is 4.98 Å². The third-order valence-electron chi connectivity index (χ3n) is 8.14. The van der Waals surface area contributed by atoms with Gasteiger partial charge in [0.2, 0.25) is 0 Å². The summed E-state index contributed by atoms with van der Waals surface area (Å²) < 4.78 is 94.8. The maximum atomic E-state index is 15.1. The molecule has 0 amide bonds. The number of halogens is 4. The summed E-state index contributed by atoms with van der Waals surface area (Å²) >= 11 is 0. The highest BCUT2D eigenvalue weighted by Crippen LogP contribution is 2.46. The molecule has 0 bridgehead atoms.